The number of amides is 1. The third-order valence-corrected chi connectivity index (χ3v) is 3.55. The van der Waals surface area contributed by atoms with Crippen LogP contribution in [0.3, 0.4) is 0 Å². The fourth-order valence-electron chi connectivity index (χ4n) is 2.42. The van der Waals surface area contributed by atoms with Crippen LogP contribution in [-0.4, -0.2) is 71.0 Å². The van der Waals surface area contributed by atoms with Crippen LogP contribution in [0, 0.1) is 6.92 Å². The van der Waals surface area contributed by atoms with Crippen LogP contribution in [0.15, 0.2) is 6.07 Å². The first-order valence-electron chi connectivity index (χ1n) is 8.00. The molecule has 0 bridgehead atoms. The van der Waals surface area contributed by atoms with Crippen LogP contribution in [0.5, 0.6) is 0 Å². The Morgan fingerprint density at radius 3 is 2.62 bits per heavy atom. The topological polar surface area (TPSA) is 90.8 Å². The van der Waals surface area contributed by atoms with E-state index in [4.69, 9.17) is 4.74 Å². The Labute approximate surface area is 142 Å². The zero-order valence-corrected chi connectivity index (χ0v) is 15.2. The molecule has 2 atom stereocenters. The molecule has 2 unspecified atom stereocenters. The van der Waals surface area contributed by atoms with E-state index < -0.39 is 17.8 Å². The molecule has 8 nitrogen and oxygen atoms in total. The van der Waals surface area contributed by atoms with Crippen molar-refractivity contribution >= 4 is 17.9 Å². The minimum Gasteiger partial charge on any atom is -0.444 e. The summed E-state index contributed by atoms with van der Waals surface area (Å²) in [5.41, 5.74) is 0.265. The summed E-state index contributed by atoms with van der Waals surface area (Å²) in [7, 11) is 3.81. The summed E-state index contributed by atoms with van der Waals surface area (Å²) in [6.45, 7) is 7.89. The number of ether oxygens (including phenoxy) is 1. The van der Waals surface area contributed by atoms with Crippen LogP contribution in [0.2, 0.25) is 0 Å². The lowest BCUT2D eigenvalue weighted by Crippen LogP contribution is -2.36. The number of carbonyl (C=O) groups excluding carboxylic acids is 1. The molecule has 1 fully saturated rings. The van der Waals surface area contributed by atoms with Gasteiger partial charge in [-0.15, -0.1) is 0 Å². The van der Waals surface area contributed by atoms with E-state index >= 15 is 0 Å². The number of carbonyl (C=O) groups is 1. The van der Waals surface area contributed by atoms with Crippen molar-refractivity contribution in [1.82, 2.24) is 14.9 Å². The van der Waals surface area contributed by atoms with Gasteiger partial charge in [-0.05, 0) is 27.7 Å². The van der Waals surface area contributed by atoms with E-state index in [2.05, 4.69) is 15.3 Å². The lowest BCUT2D eigenvalue weighted by atomic mass is 10.2. The second kappa shape index (κ2) is 6.80. The molecular weight excluding hydrogens is 310 g/mol. The van der Waals surface area contributed by atoms with Gasteiger partial charge in [-0.1, -0.05) is 0 Å². The number of nitrogens with one attached hydrogen (secondary N) is 1. The highest BCUT2D eigenvalue weighted by Gasteiger charge is 2.36. The highest BCUT2D eigenvalue weighted by atomic mass is 16.6. The number of aliphatic hydroxyl groups is 1. The summed E-state index contributed by atoms with van der Waals surface area (Å²) < 4.78 is 5.35. The fourth-order valence-corrected chi connectivity index (χ4v) is 2.42. The fraction of sp³-hybridized carbons (Fsp3) is 0.688. The number of aliphatic hydroxyl groups excluding tert-OH is 1. The maximum atomic E-state index is 12.1. The molecule has 1 saturated heterocycles. The van der Waals surface area contributed by atoms with Gasteiger partial charge in [0.05, 0.1) is 18.7 Å². The molecule has 134 valence electrons. The van der Waals surface area contributed by atoms with Crippen molar-refractivity contribution in [3.8, 4) is 0 Å². The molecule has 0 spiro atoms. The van der Waals surface area contributed by atoms with Crippen molar-refractivity contribution in [3.63, 3.8) is 0 Å². The van der Waals surface area contributed by atoms with Crippen molar-refractivity contribution in [2.45, 2.75) is 45.4 Å². The third kappa shape index (κ3) is 4.70. The number of aryl methyl sites for hydroxylation is 1. The van der Waals surface area contributed by atoms with Gasteiger partial charge in [0, 0.05) is 32.4 Å². The number of anilines is 2. The van der Waals surface area contributed by atoms with Crippen LogP contribution >= 0.6 is 0 Å². The second-order valence-electron chi connectivity index (χ2n) is 7.29. The maximum Gasteiger partial charge on any atom is 0.410 e. The molecule has 0 saturated carbocycles. The van der Waals surface area contributed by atoms with Crippen molar-refractivity contribution in [2.75, 3.05) is 37.4 Å². The smallest absolute Gasteiger partial charge is 0.410 e. The highest BCUT2D eigenvalue weighted by Crippen LogP contribution is 2.19. The first-order chi connectivity index (χ1) is 11.0. The Hall–Kier alpha value is -2.09. The summed E-state index contributed by atoms with van der Waals surface area (Å²) in [5, 5.41) is 13.4. The molecule has 2 heterocycles. The van der Waals surface area contributed by atoms with Gasteiger partial charge in [0.2, 0.25) is 5.95 Å². The zero-order chi connectivity index (χ0) is 18.1. The van der Waals surface area contributed by atoms with Crippen molar-refractivity contribution in [3.05, 3.63) is 11.8 Å². The van der Waals surface area contributed by atoms with Crippen LogP contribution in [-0.2, 0) is 4.74 Å². The Kier molecular flexibility index (Phi) is 5.17. The molecule has 2 N–H and O–H groups in total. The van der Waals surface area contributed by atoms with Gasteiger partial charge in [0.1, 0.15) is 11.4 Å². The van der Waals surface area contributed by atoms with Crippen LogP contribution in [0.25, 0.3) is 0 Å². The average molecular weight is 337 g/mol. The maximum absolute atomic E-state index is 12.1. The summed E-state index contributed by atoms with van der Waals surface area (Å²) in [4.78, 5) is 24.3. The second-order valence-corrected chi connectivity index (χ2v) is 7.29. The molecule has 1 aromatic rings. The Morgan fingerprint density at radius 2 is 2.04 bits per heavy atom. The number of β-amino-alcohol motifs (C(OH)–C–C–N with tert-alkyl or cyclic N) is 1. The van der Waals surface area contributed by atoms with Gasteiger partial charge in [0.25, 0.3) is 0 Å². The standard InChI is InChI=1S/C16H27N5O3/c1-10-7-13(20(5)6)19-14(17-10)18-11-8-21(9-12(11)22)15(23)24-16(2,3)4/h7,11-12,22H,8-9H2,1-6H3,(H,17,18,19). The monoisotopic (exact) mass is 337 g/mol. The summed E-state index contributed by atoms with van der Waals surface area (Å²) >= 11 is 0. The normalized spacial score (nSPS) is 20.9. The number of hydrogen-bond donors (Lipinski definition) is 2. The predicted molar refractivity (Wildman–Crippen MR) is 92.3 cm³/mol. The quantitative estimate of drug-likeness (QED) is 0.857. The SMILES string of the molecule is Cc1cc(N(C)C)nc(NC2CN(C(=O)OC(C)(C)C)CC2O)n1. The molecule has 0 radical (unpaired) electrons. The van der Waals surface area contributed by atoms with Gasteiger partial charge >= 0.3 is 6.09 Å². The minimum absolute atomic E-state index is 0.221. The van der Waals surface area contributed by atoms with E-state index in [1.54, 1.807) is 0 Å². The number of likely N-dealkylation sites (tertiary alicyclic amines) is 1. The van der Waals surface area contributed by atoms with Crippen molar-refractivity contribution in [2.24, 2.45) is 0 Å². The van der Waals surface area contributed by atoms with Crippen molar-refractivity contribution < 1.29 is 14.6 Å². The first kappa shape index (κ1) is 18.3. The van der Waals surface area contributed by atoms with Gasteiger partial charge in [0.15, 0.2) is 0 Å². The summed E-state index contributed by atoms with van der Waals surface area (Å²) in [5.74, 6) is 1.22. The van der Waals surface area contributed by atoms with E-state index in [9.17, 15) is 9.90 Å². The molecule has 1 amide bonds. The minimum atomic E-state index is -0.704. The van der Waals surface area contributed by atoms with Crippen LogP contribution in [0.4, 0.5) is 16.6 Å². The van der Waals surface area contributed by atoms with E-state index in [0.29, 0.717) is 12.5 Å². The Morgan fingerprint density at radius 1 is 1.38 bits per heavy atom. The van der Waals surface area contributed by atoms with Gasteiger partial charge in [-0.25, -0.2) is 9.78 Å². The molecule has 8 heteroatoms. The zero-order valence-electron chi connectivity index (χ0n) is 15.2. The van der Waals surface area contributed by atoms with Crippen LogP contribution in [0.1, 0.15) is 26.5 Å². The number of hydrogen-bond acceptors (Lipinski definition) is 7. The summed E-state index contributed by atoms with van der Waals surface area (Å²) in [6, 6.07) is 1.54. The number of rotatable bonds is 3. The molecule has 0 aliphatic carbocycles. The lowest BCUT2D eigenvalue weighted by molar-refractivity contribution is 0.0270. The van der Waals surface area contributed by atoms with Crippen LogP contribution < -0.4 is 10.2 Å². The molecule has 0 aromatic carbocycles. The Bertz CT molecular complexity index is 600. The molecule has 24 heavy (non-hydrogen) atoms. The molecule has 1 aromatic heterocycles. The van der Waals surface area contributed by atoms with E-state index in [0.717, 1.165) is 11.5 Å². The van der Waals surface area contributed by atoms with Gasteiger partial charge < -0.3 is 25.0 Å². The van der Waals surface area contributed by atoms with Gasteiger partial charge in [-0.2, -0.15) is 4.98 Å². The predicted octanol–water partition coefficient (Wildman–Crippen LogP) is 1.24. The molecular formula is C16H27N5O3. The largest absolute Gasteiger partial charge is 0.444 e. The van der Waals surface area contributed by atoms with E-state index in [1.165, 1.54) is 4.90 Å². The number of aromatic nitrogens is 2. The van der Waals surface area contributed by atoms with E-state index in [1.807, 2.05) is 52.8 Å². The number of nitrogens with zero attached hydrogens (tertiary/aromatic N) is 4. The van der Waals surface area contributed by atoms with Gasteiger partial charge in [-0.3, -0.25) is 0 Å². The van der Waals surface area contributed by atoms with Crippen molar-refractivity contribution in [1.29, 1.82) is 0 Å². The first-order valence-corrected chi connectivity index (χ1v) is 8.00. The molecule has 1 aliphatic rings. The molecule has 2 rings (SSSR count). The molecule has 1 aliphatic heterocycles. The highest BCUT2D eigenvalue weighted by molar-refractivity contribution is 5.69. The third-order valence-electron chi connectivity index (χ3n) is 3.55. The summed E-state index contributed by atoms with van der Waals surface area (Å²) in [6.07, 6.45) is -1.13. The van der Waals surface area contributed by atoms with E-state index in [-0.39, 0.29) is 12.6 Å². The Balaban J connectivity index is 2.05. The average Bonchev–Trinajstić information content (AvgIpc) is 2.77. The lowest BCUT2D eigenvalue weighted by Gasteiger charge is -2.24.